The Morgan fingerprint density at radius 2 is 2.00 bits per heavy atom. The highest BCUT2D eigenvalue weighted by Gasteiger charge is 2.09. The van der Waals surface area contributed by atoms with E-state index < -0.39 is 0 Å². The molecule has 0 bridgehead atoms. The topological polar surface area (TPSA) is 28.7 Å². The van der Waals surface area contributed by atoms with Crippen molar-refractivity contribution in [2.45, 2.75) is 13.3 Å². The lowest BCUT2D eigenvalue weighted by molar-refractivity contribution is 1.14. The average molecular weight is 278 g/mol. The fraction of sp³-hybridized carbons (Fsp3) is 0.118. The maximum absolute atomic E-state index is 4.71. The van der Waals surface area contributed by atoms with E-state index in [1.807, 2.05) is 0 Å². The summed E-state index contributed by atoms with van der Waals surface area (Å²) in [6, 6.07) is 17.1. The Morgan fingerprint density at radius 1 is 1.10 bits per heavy atom. The Labute approximate surface area is 121 Å². The smallest absolute Gasteiger partial charge is 0.148 e. The molecule has 0 aliphatic carbocycles. The van der Waals surface area contributed by atoms with Gasteiger partial charge in [-0.1, -0.05) is 31.2 Å². The number of thiophene rings is 1. The van der Waals surface area contributed by atoms with Gasteiger partial charge in [-0.25, -0.2) is 4.98 Å². The Hall–Kier alpha value is -2.13. The van der Waals surface area contributed by atoms with Crippen molar-refractivity contribution in [3.63, 3.8) is 0 Å². The zero-order chi connectivity index (χ0) is 13.5. The van der Waals surface area contributed by atoms with E-state index in [1.54, 1.807) is 11.3 Å². The van der Waals surface area contributed by atoms with Crippen LogP contribution in [0, 0.1) is 0 Å². The van der Waals surface area contributed by atoms with Gasteiger partial charge in [-0.05, 0) is 41.6 Å². The summed E-state index contributed by atoms with van der Waals surface area (Å²) in [6.07, 6.45) is 1.05. The summed E-state index contributed by atoms with van der Waals surface area (Å²) in [7, 11) is 0. The summed E-state index contributed by atoms with van der Waals surface area (Å²) in [4.78, 5) is 9.35. The molecule has 4 rings (SSSR count). The molecule has 1 N–H and O–H groups in total. The van der Waals surface area contributed by atoms with Gasteiger partial charge in [-0.15, -0.1) is 11.3 Å². The predicted molar refractivity (Wildman–Crippen MR) is 86.3 cm³/mol. The molecule has 0 saturated heterocycles. The van der Waals surface area contributed by atoms with E-state index in [-0.39, 0.29) is 0 Å². The Bertz CT molecular complexity index is 869. The van der Waals surface area contributed by atoms with Crippen molar-refractivity contribution in [2.75, 3.05) is 0 Å². The van der Waals surface area contributed by atoms with Crippen LogP contribution in [0.15, 0.2) is 48.5 Å². The fourth-order valence-corrected chi connectivity index (χ4v) is 3.50. The second kappa shape index (κ2) is 4.46. The highest BCUT2D eigenvalue weighted by molar-refractivity contribution is 7.22. The number of nitrogens with one attached hydrogen (secondary N) is 1. The van der Waals surface area contributed by atoms with E-state index in [1.165, 1.54) is 20.5 Å². The van der Waals surface area contributed by atoms with Gasteiger partial charge in [0.25, 0.3) is 0 Å². The zero-order valence-corrected chi connectivity index (χ0v) is 12.0. The molecule has 0 aliphatic heterocycles. The first-order valence-electron chi connectivity index (χ1n) is 6.81. The number of benzene rings is 2. The van der Waals surface area contributed by atoms with Crippen LogP contribution in [0.25, 0.3) is 31.8 Å². The number of nitrogens with zero attached hydrogens (tertiary/aromatic N) is 1. The minimum Gasteiger partial charge on any atom is -0.337 e. The normalized spacial score (nSPS) is 11.4. The van der Waals surface area contributed by atoms with Crippen LogP contribution in [-0.2, 0) is 6.42 Å². The third-order valence-electron chi connectivity index (χ3n) is 3.61. The SMILES string of the molecule is CCc1ccc2nc(-c3cc4ccccc4s3)[nH]c2c1. The van der Waals surface area contributed by atoms with E-state index in [0.717, 1.165) is 23.3 Å². The van der Waals surface area contributed by atoms with E-state index in [4.69, 9.17) is 4.98 Å². The molecular weight excluding hydrogens is 264 g/mol. The molecule has 98 valence electrons. The van der Waals surface area contributed by atoms with Crippen LogP contribution in [0.4, 0.5) is 0 Å². The van der Waals surface area contributed by atoms with Crippen molar-refractivity contribution < 1.29 is 0 Å². The summed E-state index contributed by atoms with van der Waals surface area (Å²) in [5.41, 5.74) is 3.50. The van der Waals surface area contributed by atoms with Crippen molar-refractivity contribution in [1.29, 1.82) is 0 Å². The zero-order valence-electron chi connectivity index (χ0n) is 11.2. The largest absolute Gasteiger partial charge is 0.337 e. The van der Waals surface area contributed by atoms with Gasteiger partial charge in [-0.2, -0.15) is 0 Å². The van der Waals surface area contributed by atoms with Gasteiger partial charge in [0, 0.05) is 4.70 Å². The van der Waals surface area contributed by atoms with Gasteiger partial charge in [0.15, 0.2) is 0 Å². The average Bonchev–Trinajstić information content (AvgIpc) is 3.09. The van der Waals surface area contributed by atoms with E-state index >= 15 is 0 Å². The highest BCUT2D eigenvalue weighted by atomic mass is 32.1. The number of hydrogen-bond acceptors (Lipinski definition) is 2. The van der Waals surface area contributed by atoms with Gasteiger partial charge in [-0.3, -0.25) is 0 Å². The molecule has 2 aromatic carbocycles. The number of aryl methyl sites for hydroxylation is 1. The number of hydrogen-bond donors (Lipinski definition) is 1. The van der Waals surface area contributed by atoms with Gasteiger partial charge in [0.05, 0.1) is 15.9 Å². The quantitative estimate of drug-likeness (QED) is 0.548. The Balaban J connectivity index is 1.88. The summed E-state index contributed by atoms with van der Waals surface area (Å²) in [6.45, 7) is 2.17. The van der Waals surface area contributed by atoms with E-state index in [9.17, 15) is 0 Å². The molecule has 0 amide bonds. The number of aromatic amines is 1. The lowest BCUT2D eigenvalue weighted by atomic mass is 10.1. The summed E-state index contributed by atoms with van der Waals surface area (Å²) < 4.78 is 1.30. The van der Waals surface area contributed by atoms with Crippen LogP contribution < -0.4 is 0 Å². The van der Waals surface area contributed by atoms with E-state index in [0.29, 0.717) is 0 Å². The number of imidazole rings is 1. The molecule has 0 atom stereocenters. The second-order valence-electron chi connectivity index (χ2n) is 4.94. The third kappa shape index (κ3) is 1.82. The van der Waals surface area contributed by atoms with Crippen LogP contribution in [0.1, 0.15) is 12.5 Å². The standard InChI is InChI=1S/C17H14N2S/c1-2-11-7-8-13-14(9-11)19-17(18-13)16-10-12-5-3-4-6-15(12)20-16/h3-10H,2H2,1H3,(H,18,19). The minimum absolute atomic E-state index is 0.967. The molecule has 2 aromatic heterocycles. The van der Waals surface area contributed by atoms with Gasteiger partial charge >= 0.3 is 0 Å². The van der Waals surface area contributed by atoms with Crippen molar-refractivity contribution in [1.82, 2.24) is 9.97 Å². The first kappa shape index (κ1) is 11.7. The van der Waals surface area contributed by atoms with Crippen LogP contribution >= 0.6 is 11.3 Å². The maximum atomic E-state index is 4.71. The molecule has 0 spiro atoms. The monoisotopic (exact) mass is 278 g/mol. The number of aromatic nitrogens is 2. The minimum atomic E-state index is 0.967. The van der Waals surface area contributed by atoms with Crippen molar-refractivity contribution >= 4 is 32.5 Å². The van der Waals surface area contributed by atoms with Gasteiger partial charge < -0.3 is 4.98 Å². The molecule has 2 nitrogen and oxygen atoms in total. The fourth-order valence-electron chi connectivity index (χ4n) is 2.49. The molecule has 2 heterocycles. The molecular formula is C17H14N2S. The number of rotatable bonds is 2. The molecule has 0 aliphatic rings. The van der Waals surface area contributed by atoms with Crippen molar-refractivity contribution in [3.05, 3.63) is 54.1 Å². The highest BCUT2D eigenvalue weighted by Crippen LogP contribution is 2.32. The summed E-state index contributed by atoms with van der Waals surface area (Å²) >= 11 is 1.78. The number of H-pyrrole nitrogens is 1. The van der Waals surface area contributed by atoms with Crippen molar-refractivity contribution in [2.24, 2.45) is 0 Å². The summed E-state index contributed by atoms with van der Waals surface area (Å²) in [5.74, 6) is 0.967. The van der Waals surface area contributed by atoms with Crippen LogP contribution in [0.3, 0.4) is 0 Å². The lowest BCUT2D eigenvalue weighted by Crippen LogP contribution is -1.78. The van der Waals surface area contributed by atoms with Gasteiger partial charge in [0.2, 0.25) is 0 Å². The first-order chi connectivity index (χ1) is 9.83. The molecule has 0 fully saturated rings. The molecule has 3 heteroatoms. The molecule has 0 unspecified atom stereocenters. The van der Waals surface area contributed by atoms with Crippen molar-refractivity contribution in [3.8, 4) is 10.7 Å². The van der Waals surface area contributed by atoms with Gasteiger partial charge in [0.1, 0.15) is 5.82 Å². The van der Waals surface area contributed by atoms with Crippen LogP contribution in [0.5, 0.6) is 0 Å². The Morgan fingerprint density at radius 3 is 2.85 bits per heavy atom. The summed E-state index contributed by atoms with van der Waals surface area (Å²) in [5, 5.41) is 1.28. The molecule has 0 saturated carbocycles. The number of fused-ring (bicyclic) bond motifs is 2. The lowest BCUT2D eigenvalue weighted by Gasteiger charge is -1.93. The molecule has 0 radical (unpaired) electrons. The van der Waals surface area contributed by atoms with E-state index in [2.05, 4.69) is 60.4 Å². The van der Waals surface area contributed by atoms with Crippen LogP contribution in [-0.4, -0.2) is 9.97 Å². The second-order valence-corrected chi connectivity index (χ2v) is 6.02. The third-order valence-corrected chi connectivity index (χ3v) is 4.74. The molecule has 20 heavy (non-hydrogen) atoms. The molecule has 4 aromatic rings. The first-order valence-corrected chi connectivity index (χ1v) is 7.63. The predicted octanol–water partition coefficient (Wildman–Crippen LogP) is 5.01. The van der Waals surface area contributed by atoms with Crippen LogP contribution in [0.2, 0.25) is 0 Å². The Kier molecular flexibility index (Phi) is 2.60. The maximum Gasteiger partial charge on any atom is 0.148 e.